The first kappa shape index (κ1) is 12.0. The van der Waals surface area contributed by atoms with Gasteiger partial charge in [-0.1, -0.05) is 0 Å². The van der Waals surface area contributed by atoms with Gasteiger partial charge in [-0.25, -0.2) is 0 Å². The molecular formula is C10H14N2O2S. The van der Waals surface area contributed by atoms with Crippen molar-refractivity contribution in [3.8, 4) is 0 Å². The molecule has 15 heavy (non-hydrogen) atoms. The van der Waals surface area contributed by atoms with Gasteiger partial charge >= 0.3 is 0 Å². The Kier molecular flexibility index (Phi) is 4.61. The van der Waals surface area contributed by atoms with Gasteiger partial charge in [0.15, 0.2) is 0 Å². The standard InChI is InChI=1S/C10H14N2O2S/c1-7(12-5-8(14)6-13)9-3-4-10(11-2)15-9/h3-4,8,13-14H,2,5-6H2,1H3. The van der Waals surface area contributed by atoms with Gasteiger partial charge in [0.1, 0.15) is 5.00 Å². The van der Waals surface area contributed by atoms with Crippen LogP contribution >= 0.6 is 11.3 Å². The summed E-state index contributed by atoms with van der Waals surface area (Å²) in [5.74, 6) is 0. The molecule has 5 heteroatoms. The van der Waals surface area contributed by atoms with E-state index in [-0.39, 0.29) is 13.2 Å². The van der Waals surface area contributed by atoms with Crippen LogP contribution in [-0.2, 0) is 0 Å². The molecule has 0 spiro atoms. The maximum absolute atomic E-state index is 9.12. The highest BCUT2D eigenvalue weighted by Gasteiger charge is 2.03. The molecule has 0 aromatic carbocycles. The average Bonchev–Trinajstić information content (AvgIpc) is 2.73. The smallest absolute Gasteiger partial charge is 0.115 e. The average molecular weight is 226 g/mol. The van der Waals surface area contributed by atoms with E-state index in [1.807, 2.05) is 19.1 Å². The van der Waals surface area contributed by atoms with E-state index in [1.165, 1.54) is 11.3 Å². The summed E-state index contributed by atoms with van der Waals surface area (Å²) in [4.78, 5) is 8.98. The van der Waals surface area contributed by atoms with E-state index in [9.17, 15) is 0 Å². The molecular weight excluding hydrogens is 212 g/mol. The molecule has 1 unspecified atom stereocenters. The summed E-state index contributed by atoms with van der Waals surface area (Å²) in [6.45, 7) is 5.26. The third-order valence-corrected chi connectivity index (χ3v) is 2.98. The number of thiophene rings is 1. The SMILES string of the molecule is C=Nc1ccc(C(C)=NCC(O)CO)s1. The van der Waals surface area contributed by atoms with Crippen molar-refractivity contribution in [1.82, 2.24) is 0 Å². The minimum absolute atomic E-state index is 0.219. The summed E-state index contributed by atoms with van der Waals surface area (Å²) >= 11 is 1.50. The van der Waals surface area contributed by atoms with Gasteiger partial charge in [-0.3, -0.25) is 9.98 Å². The number of nitrogens with zero attached hydrogens (tertiary/aromatic N) is 2. The van der Waals surface area contributed by atoms with Gasteiger partial charge in [0.05, 0.1) is 24.1 Å². The molecule has 0 fully saturated rings. The Balaban J connectivity index is 2.66. The van der Waals surface area contributed by atoms with Crippen LogP contribution in [0.2, 0.25) is 0 Å². The lowest BCUT2D eigenvalue weighted by Crippen LogP contribution is -2.16. The third kappa shape index (κ3) is 3.54. The molecule has 1 atom stereocenters. The van der Waals surface area contributed by atoms with Crippen LogP contribution in [0.25, 0.3) is 0 Å². The van der Waals surface area contributed by atoms with Crippen molar-refractivity contribution in [1.29, 1.82) is 0 Å². The summed E-state index contributed by atoms with van der Waals surface area (Å²) in [6, 6.07) is 3.79. The number of aliphatic hydroxyl groups is 2. The highest BCUT2D eigenvalue weighted by molar-refractivity contribution is 7.17. The minimum atomic E-state index is -0.781. The summed E-state index contributed by atoms with van der Waals surface area (Å²) in [5.41, 5.74) is 0.836. The predicted molar refractivity (Wildman–Crippen MR) is 63.7 cm³/mol. The van der Waals surface area contributed by atoms with E-state index in [0.717, 1.165) is 15.6 Å². The molecule has 0 aliphatic heterocycles. The maximum atomic E-state index is 9.12. The first-order chi connectivity index (χ1) is 7.17. The van der Waals surface area contributed by atoms with Gasteiger partial charge in [-0.05, 0) is 25.8 Å². The molecule has 1 aromatic heterocycles. The van der Waals surface area contributed by atoms with E-state index >= 15 is 0 Å². The molecule has 0 radical (unpaired) electrons. The van der Waals surface area contributed by atoms with E-state index < -0.39 is 6.10 Å². The fourth-order valence-corrected chi connectivity index (χ4v) is 1.76. The van der Waals surface area contributed by atoms with E-state index in [2.05, 4.69) is 16.7 Å². The molecule has 0 aliphatic rings. The van der Waals surface area contributed by atoms with Crippen LogP contribution in [0.1, 0.15) is 11.8 Å². The van der Waals surface area contributed by atoms with Crippen LogP contribution in [-0.4, -0.2) is 41.9 Å². The van der Waals surface area contributed by atoms with Crippen molar-refractivity contribution in [3.63, 3.8) is 0 Å². The van der Waals surface area contributed by atoms with Crippen LogP contribution in [0.5, 0.6) is 0 Å². The Morgan fingerprint density at radius 1 is 1.60 bits per heavy atom. The van der Waals surface area contributed by atoms with Crippen molar-refractivity contribution < 1.29 is 10.2 Å². The van der Waals surface area contributed by atoms with E-state index in [0.29, 0.717) is 0 Å². The summed E-state index contributed by atoms with van der Waals surface area (Å²) in [5, 5.41) is 18.6. The fraction of sp³-hybridized carbons (Fsp3) is 0.400. The molecule has 0 aliphatic carbocycles. The maximum Gasteiger partial charge on any atom is 0.115 e. The number of aliphatic hydroxyl groups excluding tert-OH is 2. The van der Waals surface area contributed by atoms with Crippen LogP contribution in [0.4, 0.5) is 5.00 Å². The Morgan fingerprint density at radius 2 is 2.33 bits per heavy atom. The highest BCUT2D eigenvalue weighted by Crippen LogP contribution is 2.24. The van der Waals surface area contributed by atoms with Crippen molar-refractivity contribution in [2.45, 2.75) is 13.0 Å². The zero-order valence-corrected chi connectivity index (χ0v) is 9.37. The quantitative estimate of drug-likeness (QED) is 0.742. The van der Waals surface area contributed by atoms with E-state index in [1.54, 1.807) is 0 Å². The molecule has 4 nitrogen and oxygen atoms in total. The van der Waals surface area contributed by atoms with E-state index in [4.69, 9.17) is 10.2 Å². The second-order valence-electron chi connectivity index (χ2n) is 3.06. The largest absolute Gasteiger partial charge is 0.394 e. The molecule has 2 N–H and O–H groups in total. The van der Waals surface area contributed by atoms with Crippen molar-refractivity contribution >= 4 is 28.8 Å². The number of hydrogen-bond donors (Lipinski definition) is 2. The second kappa shape index (κ2) is 5.75. The fourth-order valence-electron chi connectivity index (χ4n) is 0.985. The lowest BCUT2D eigenvalue weighted by molar-refractivity contribution is 0.102. The Morgan fingerprint density at radius 3 is 2.87 bits per heavy atom. The van der Waals surface area contributed by atoms with Gasteiger partial charge < -0.3 is 10.2 Å². The first-order valence-corrected chi connectivity index (χ1v) is 5.36. The molecule has 82 valence electrons. The number of hydrogen-bond acceptors (Lipinski definition) is 5. The first-order valence-electron chi connectivity index (χ1n) is 4.54. The molecule has 1 heterocycles. The Labute approximate surface area is 92.6 Å². The topological polar surface area (TPSA) is 65.2 Å². The van der Waals surface area contributed by atoms with Gasteiger partial charge in [-0.2, -0.15) is 0 Å². The van der Waals surface area contributed by atoms with Crippen molar-refractivity contribution in [2.75, 3.05) is 13.2 Å². The minimum Gasteiger partial charge on any atom is -0.394 e. The lowest BCUT2D eigenvalue weighted by atomic mass is 10.3. The molecule has 0 saturated carbocycles. The van der Waals surface area contributed by atoms with Crippen LogP contribution in [0.3, 0.4) is 0 Å². The molecule has 0 amide bonds. The summed E-state index contributed by atoms with van der Waals surface area (Å²) in [6.07, 6.45) is -0.781. The predicted octanol–water partition coefficient (Wildman–Crippen LogP) is 1.24. The van der Waals surface area contributed by atoms with Crippen molar-refractivity contribution in [2.24, 2.45) is 9.98 Å². The summed E-state index contributed by atoms with van der Waals surface area (Å²) in [7, 11) is 0. The monoisotopic (exact) mass is 226 g/mol. The second-order valence-corrected chi connectivity index (χ2v) is 4.12. The third-order valence-electron chi connectivity index (χ3n) is 1.85. The highest BCUT2D eigenvalue weighted by atomic mass is 32.1. The molecule has 0 saturated heterocycles. The number of rotatable bonds is 5. The van der Waals surface area contributed by atoms with Crippen LogP contribution in [0, 0.1) is 0 Å². The zero-order chi connectivity index (χ0) is 11.3. The normalized spacial score (nSPS) is 13.9. The van der Waals surface area contributed by atoms with Gasteiger partial charge in [0, 0.05) is 5.71 Å². The summed E-state index contributed by atoms with van der Waals surface area (Å²) < 4.78 is 0. The number of aliphatic imine (C=N–C) groups is 2. The molecule has 1 rings (SSSR count). The van der Waals surface area contributed by atoms with Gasteiger partial charge in [0.25, 0.3) is 0 Å². The van der Waals surface area contributed by atoms with Crippen LogP contribution in [0.15, 0.2) is 22.1 Å². The van der Waals surface area contributed by atoms with Gasteiger partial charge in [0.2, 0.25) is 0 Å². The van der Waals surface area contributed by atoms with Crippen molar-refractivity contribution in [3.05, 3.63) is 17.0 Å². The Hall–Kier alpha value is -1.04. The molecule has 1 aromatic rings. The van der Waals surface area contributed by atoms with Gasteiger partial charge in [-0.15, -0.1) is 11.3 Å². The van der Waals surface area contributed by atoms with Crippen LogP contribution < -0.4 is 0 Å². The Bertz CT molecular complexity index is 360. The molecule has 0 bridgehead atoms. The zero-order valence-electron chi connectivity index (χ0n) is 8.55. The lowest BCUT2D eigenvalue weighted by Gasteiger charge is -2.03.